The highest BCUT2D eigenvalue weighted by molar-refractivity contribution is 9.10. The van der Waals surface area contributed by atoms with Crippen molar-refractivity contribution in [3.63, 3.8) is 0 Å². The van der Waals surface area contributed by atoms with Crippen LogP contribution < -0.4 is 15.4 Å². The molecule has 0 aromatic heterocycles. The third-order valence-corrected chi connectivity index (χ3v) is 5.33. The Kier molecular flexibility index (Phi) is 6.52. The van der Waals surface area contributed by atoms with Gasteiger partial charge in [-0.25, -0.2) is 4.79 Å². The Labute approximate surface area is 162 Å². The Hall–Kier alpha value is -2.05. The van der Waals surface area contributed by atoms with Gasteiger partial charge < -0.3 is 15.4 Å². The van der Waals surface area contributed by atoms with E-state index in [0.717, 1.165) is 34.6 Å². The molecule has 5 nitrogen and oxygen atoms in total. The quantitative estimate of drug-likeness (QED) is 0.731. The van der Waals surface area contributed by atoms with Crippen LogP contribution in [0, 0.1) is 0 Å². The SMILES string of the molecule is COc1cccc(C(CNC(=O)Nc2ccccc2Br)N2CCCC2)c1. The van der Waals surface area contributed by atoms with Gasteiger partial charge in [0.1, 0.15) is 5.75 Å². The largest absolute Gasteiger partial charge is 0.497 e. The molecule has 1 saturated heterocycles. The summed E-state index contributed by atoms with van der Waals surface area (Å²) in [6, 6.07) is 15.6. The molecular weight excluding hydrogens is 394 g/mol. The number of carbonyl (C=O) groups excluding carboxylic acids is 1. The van der Waals surface area contributed by atoms with Gasteiger partial charge in [0, 0.05) is 11.0 Å². The van der Waals surface area contributed by atoms with E-state index < -0.39 is 0 Å². The predicted molar refractivity (Wildman–Crippen MR) is 108 cm³/mol. The molecule has 1 aliphatic heterocycles. The van der Waals surface area contributed by atoms with Crippen LogP contribution in [0.5, 0.6) is 5.75 Å². The average Bonchev–Trinajstić information content (AvgIpc) is 3.18. The summed E-state index contributed by atoms with van der Waals surface area (Å²) in [6.07, 6.45) is 2.40. The Bertz CT molecular complexity index is 747. The Morgan fingerprint density at radius 3 is 2.69 bits per heavy atom. The van der Waals surface area contributed by atoms with Crippen molar-refractivity contribution in [2.75, 3.05) is 32.1 Å². The van der Waals surface area contributed by atoms with E-state index in [1.54, 1.807) is 7.11 Å². The summed E-state index contributed by atoms with van der Waals surface area (Å²) in [5.74, 6) is 0.837. The molecule has 2 aromatic carbocycles. The number of carbonyl (C=O) groups is 1. The number of nitrogens with one attached hydrogen (secondary N) is 2. The number of likely N-dealkylation sites (tertiary alicyclic amines) is 1. The molecule has 2 N–H and O–H groups in total. The summed E-state index contributed by atoms with van der Waals surface area (Å²) in [5, 5.41) is 5.91. The Morgan fingerprint density at radius 1 is 1.19 bits per heavy atom. The van der Waals surface area contributed by atoms with Gasteiger partial charge >= 0.3 is 6.03 Å². The Balaban J connectivity index is 1.67. The van der Waals surface area contributed by atoms with Gasteiger partial charge in [-0.05, 0) is 71.7 Å². The zero-order valence-corrected chi connectivity index (χ0v) is 16.5. The second-order valence-electron chi connectivity index (χ2n) is 6.35. The molecule has 1 unspecified atom stereocenters. The van der Waals surface area contributed by atoms with E-state index in [-0.39, 0.29) is 12.1 Å². The van der Waals surface area contributed by atoms with E-state index in [0.29, 0.717) is 6.54 Å². The van der Waals surface area contributed by atoms with Crippen LogP contribution in [0.1, 0.15) is 24.4 Å². The number of halogens is 1. The second-order valence-corrected chi connectivity index (χ2v) is 7.20. The fraction of sp³-hybridized carbons (Fsp3) is 0.350. The molecule has 0 aliphatic carbocycles. The third kappa shape index (κ3) is 4.77. The van der Waals surface area contributed by atoms with Crippen molar-refractivity contribution >= 4 is 27.6 Å². The summed E-state index contributed by atoms with van der Waals surface area (Å²) in [6.45, 7) is 2.65. The minimum absolute atomic E-state index is 0.137. The zero-order valence-electron chi connectivity index (χ0n) is 14.9. The number of hydrogen-bond acceptors (Lipinski definition) is 3. The number of benzene rings is 2. The number of methoxy groups -OCH3 is 1. The van der Waals surface area contributed by atoms with Gasteiger partial charge in [-0.2, -0.15) is 0 Å². The summed E-state index contributed by atoms with van der Waals surface area (Å²) >= 11 is 3.45. The van der Waals surface area contributed by atoms with E-state index in [2.05, 4.69) is 43.6 Å². The lowest BCUT2D eigenvalue weighted by Gasteiger charge is -2.28. The van der Waals surface area contributed by atoms with Crippen molar-refractivity contribution in [2.45, 2.75) is 18.9 Å². The topological polar surface area (TPSA) is 53.6 Å². The van der Waals surface area contributed by atoms with Crippen molar-refractivity contribution in [3.05, 3.63) is 58.6 Å². The minimum atomic E-state index is -0.205. The van der Waals surface area contributed by atoms with Crippen LogP contribution in [0.4, 0.5) is 10.5 Å². The molecule has 2 amide bonds. The summed E-state index contributed by atoms with van der Waals surface area (Å²) < 4.78 is 6.22. The number of rotatable bonds is 6. The van der Waals surface area contributed by atoms with Crippen LogP contribution in [-0.4, -0.2) is 37.7 Å². The highest BCUT2D eigenvalue weighted by Gasteiger charge is 2.24. The van der Waals surface area contributed by atoms with Crippen LogP contribution in [0.25, 0.3) is 0 Å². The van der Waals surface area contributed by atoms with E-state index in [1.807, 2.05) is 36.4 Å². The summed E-state index contributed by atoms with van der Waals surface area (Å²) in [7, 11) is 1.67. The standard InChI is InChI=1S/C20H24BrN3O2/c1-26-16-8-6-7-15(13-16)19(24-11-4-5-12-24)14-22-20(25)23-18-10-3-2-9-17(18)21/h2-3,6-10,13,19H,4-5,11-12,14H2,1H3,(H2,22,23,25). The third-order valence-electron chi connectivity index (χ3n) is 4.64. The van der Waals surface area contributed by atoms with Crippen LogP contribution in [0.3, 0.4) is 0 Å². The number of para-hydroxylation sites is 1. The first-order valence-electron chi connectivity index (χ1n) is 8.85. The lowest BCUT2D eigenvalue weighted by molar-refractivity contribution is 0.227. The Morgan fingerprint density at radius 2 is 1.96 bits per heavy atom. The number of ether oxygens (including phenoxy) is 1. The maximum absolute atomic E-state index is 12.4. The second kappa shape index (κ2) is 9.05. The highest BCUT2D eigenvalue weighted by atomic mass is 79.9. The molecule has 0 saturated carbocycles. The van der Waals surface area contributed by atoms with Gasteiger partial charge in [0.2, 0.25) is 0 Å². The smallest absolute Gasteiger partial charge is 0.319 e. The predicted octanol–water partition coefficient (Wildman–Crippen LogP) is 4.42. The molecule has 0 radical (unpaired) electrons. The summed E-state index contributed by atoms with van der Waals surface area (Å²) in [4.78, 5) is 14.8. The highest BCUT2D eigenvalue weighted by Crippen LogP contribution is 2.27. The fourth-order valence-corrected chi connectivity index (χ4v) is 3.66. The van der Waals surface area contributed by atoms with E-state index >= 15 is 0 Å². The van der Waals surface area contributed by atoms with Crippen LogP contribution in [0.2, 0.25) is 0 Å². The fourth-order valence-electron chi connectivity index (χ4n) is 3.28. The normalized spacial score (nSPS) is 15.5. The van der Waals surface area contributed by atoms with E-state index in [1.165, 1.54) is 12.8 Å². The average molecular weight is 418 g/mol. The number of nitrogens with zero attached hydrogens (tertiary/aromatic N) is 1. The maximum Gasteiger partial charge on any atom is 0.319 e. The van der Waals surface area contributed by atoms with Gasteiger partial charge in [0.25, 0.3) is 0 Å². The van der Waals surface area contributed by atoms with Crippen molar-refractivity contribution in [2.24, 2.45) is 0 Å². The monoisotopic (exact) mass is 417 g/mol. The van der Waals surface area contributed by atoms with Crippen molar-refractivity contribution in [1.29, 1.82) is 0 Å². The molecule has 0 bridgehead atoms. The number of anilines is 1. The molecular formula is C20H24BrN3O2. The molecule has 6 heteroatoms. The van der Waals surface area contributed by atoms with Gasteiger partial charge in [-0.15, -0.1) is 0 Å². The number of urea groups is 1. The van der Waals surface area contributed by atoms with Gasteiger partial charge in [-0.3, -0.25) is 4.90 Å². The molecule has 26 heavy (non-hydrogen) atoms. The van der Waals surface area contributed by atoms with Crippen LogP contribution in [-0.2, 0) is 0 Å². The lowest BCUT2D eigenvalue weighted by Crippen LogP contribution is -2.38. The lowest BCUT2D eigenvalue weighted by atomic mass is 10.1. The number of hydrogen-bond donors (Lipinski definition) is 2. The van der Waals surface area contributed by atoms with Crippen molar-refractivity contribution < 1.29 is 9.53 Å². The van der Waals surface area contributed by atoms with E-state index in [4.69, 9.17) is 4.74 Å². The van der Waals surface area contributed by atoms with Gasteiger partial charge in [-0.1, -0.05) is 24.3 Å². The van der Waals surface area contributed by atoms with Crippen molar-refractivity contribution in [3.8, 4) is 5.75 Å². The van der Waals surface area contributed by atoms with Crippen LogP contribution in [0.15, 0.2) is 53.0 Å². The summed E-state index contributed by atoms with van der Waals surface area (Å²) in [5.41, 5.74) is 1.91. The van der Waals surface area contributed by atoms with Crippen LogP contribution >= 0.6 is 15.9 Å². The first-order valence-corrected chi connectivity index (χ1v) is 9.64. The molecule has 0 spiro atoms. The first-order chi connectivity index (χ1) is 12.7. The molecule has 1 fully saturated rings. The van der Waals surface area contributed by atoms with E-state index in [9.17, 15) is 4.79 Å². The zero-order chi connectivity index (χ0) is 18.4. The maximum atomic E-state index is 12.4. The van der Waals surface area contributed by atoms with Gasteiger partial charge in [0.15, 0.2) is 0 Å². The molecule has 2 aromatic rings. The van der Waals surface area contributed by atoms with Gasteiger partial charge in [0.05, 0.1) is 18.8 Å². The molecule has 1 atom stereocenters. The molecule has 138 valence electrons. The first kappa shape index (κ1) is 18.7. The molecule has 1 heterocycles. The van der Waals surface area contributed by atoms with Crippen molar-refractivity contribution in [1.82, 2.24) is 10.2 Å². The molecule has 1 aliphatic rings. The minimum Gasteiger partial charge on any atom is -0.497 e. The number of amides is 2. The molecule has 3 rings (SSSR count).